The molecule has 0 spiro atoms. The highest BCUT2D eigenvalue weighted by Crippen LogP contribution is 2.42. The van der Waals surface area contributed by atoms with Crippen LogP contribution >= 0.6 is 0 Å². The summed E-state index contributed by atoms with van der Waals surface area (Å²) in [4.78, 5) is 12.6. The number of hydrogen-bond donors (Lipinski definition) is 1. The highest BCUT2D eigenvalue weighted by atomic mass is 19.3. The van der Waals surface area contributed by atoms with E-state index >= 15 is 0 Å². The molecular weight excluding hydrogens is 320 g/mol. The minimum atomic E-state index is -2.52. The van der Waals surface area contributed by atoms with Crippen LogP contribution in [0.15, 0.2) is 24.3 Å². The molecule has 1 aromatic rings. The number of alkyl halides is 2. The molecule has 1 N–H and O–H groups in total. The number of halogens is 2. The van der Waals surface area contributed by atoms with Crippen molar-refractivity contribution in [1.82, 2.24) is 5.32 Å². The van der Waals surface area contributed by atoms with E-state index < -0.39 is 5.92 Å². The molecule has 3 fully saturated rings. The van der Waals surface area contributed by atoms with E-state index in [2.05, 4.69) is 11.4 Å². The Labute approximate surface area is 148 Å². The first-order valence-corrected chi connectivity index (χ1v) is 9.74. The Hall–Kier alpha value is -1.29. The van der Waals surface area contributed by atoms with Crippen LogP contribution in [-0.2, 0) is 0 Å². The van der Waals surface area contributed by atoms with Crippen LogP contribution in [0.4, 0.5) is 8.78 Å². The number of hydrogen-bond acceptors (Lipinski definition) is 2. The summed E-state index contributed by atoms with van der Waals surface area (Å²) in [5.74, 6) is -0.879. The van der Waals surface area contributed by atoms with Crippen molar-refractivity contribution < 1.29 is 13.6 Å². The zero-order chi connectivity index (χ0) is 17.4. The molecule has 2 atom stereocenters. The summed E-state index contributed by atoms with van der Waals surface area (Å²) in [5, 5.41) is 3.63. The van der Waals surface area contributed by atoms with Crippen molar-refractivity contribution in [2.45, 2.75) is 69.2 Å². The topological polar surface area (TPSA) is 29.1 Å². The summed E-state index contributed by atoms with van der Waals surface area (Å²) < 4.78 is 26.5. The van der Waals surface area contributed by atoms with Gasteiger partial charge < -0.3 is 5.32 Å². The summed E-state index contributed by atoms with van der Waals surface area (Å²) in [7, 11) is 0. The minimum absolute atomic E-state index is 0.0681. The monoisotopic (exact) mass is 347 g/mol. The van der Waals surface area contributed by atoms with Crippen molar-refractivity contribution in [3.05, 3.63) is 35.4 Å². The fourth-order valence-corrected chi connectivity index (χ4v) is 4.06. The van der Waals surface area contributed by atoms with Gasteiger partial charge in [-0.1, -0.05) is 18.2 Å². The first-order valence-electron chi connectivity index (χ1n) is 9.74. The lowest BCUT2D eigenvalue weighted by Gasteiger charge is -2.27. The van der Waals surface area contributed by atoms with Crippen LogP contribution in [0.3, 0.4) is 0 Å². The third-order valence-corrected chi connectivity index (χ3v) is 6.10. The van der Waals surface area contributed by atoms with Crippen LogP contribution in [-0.4, -0.2) is 24.3 Å². The lowest BCUT2D eigenvalue weighted by molar-refractivity contribution is -0.0458. The van der Waals surface area contributed by atoms with Gasteiger partial charge in [-0.05, 0) is 62.1 Å². The SMILES string of the molecule is O=C(CC1CCC(F)(F)CC1)c1cccc(C2CC2NCC2CC2)c1. The third-order valence-electron chi connectivity index (χ3n) is 6.10. The Morgan fingerprint density at radius 2 is 1.88 bits per heavy atom. The molecule has 0 radical (unpaired) electrons. The van der Waals surface area contributed by atoms with Gasteiger partial charge in [0.15, 0.2) is 5.78 Å². The predicted molar refractivity (Wildman–Crippen MR) is 94.2 cm³/mol. The van der Waals surface area contributed by atoms with Crippen LogP contribution in [0.1, 0.15) is 73.2 Å². The molecule has 4 rings (SSSR count). The average molecular weight is 347 g/mol. The standard InChI is InChI=1S/C21H27F2NO/c22-21(23)8-6-14(7-9-21)10-20(25)17-3-1-2-16(11-17)18-12-19(18)24-13-15-4-5-15/h1-3,11,14-15,18-19,24H,4-10,12-13H2. The molecular formula is C21H27F2NO. The van der Waals surface area contributed by atoms with Gasteiger partial charge in [0.05, 0.1) is 0 Å². The van der Waals surface area contributed by atoms with E-state index in [0.717, 1.165) is 24.4 Å². The summed E-state index contributed by atoms with van der Waals surface area (Å²) in [6, 6.07) is 8.54. The maximum absolute atomic E-state index is 13.2. The second-order valence-corrected chi connectivity index (χ2v) is 8.35. The average Bonchev–Trinajstić information content (AvgIpc) is 3.49. The summed E-state index contributed by atoms with van der Waals surface area (Å²) in [6.45, 7) is 1.13. The number of carbonyl (C=O) groups excluding carboxylic acids is 1. The number of nitrogens with one attached hydrogen (secondary N) is 1. The van der Waals surface area contributed by atoms with Gasteiger partial charge >= 0.3 is 0 Å². The molecule has 0 amide bonds. The smallest absolute Gasteiger partial charge is 0.248 e. The van der Waals surface area contributed by atoms with Gasteiger partial charge in [0, 0.05) is 36.8 Å². The van der Waals surface area contributed by atoms with Crippen molar-refractivity contribution in [3.8, 4) is 0 Å². The quantitative estimate of drug-likeness (QED) is 0.708. The Kier molecular flexibility index (Phi) is 4.65. The second kappa shape index (κ2) is 6.79. The first kappa shape index (κ1) is 17.1. The highest BCUT2D eigenvalue weighted by molar-refractivity contribution is 5.96. The minimum Gasteiger partial charge on any atom is -0.313 e. The van der Waals surface area contributed by atoms with Gasteiger partial charge in [-0.2, -0.15) is 0 Å². The zero-order valence-electron chi connectivity index (χ0n) is 14.6. The van der Waals surface area contributed by atoms with Crippen molar-refractivity contribution in [3.63, 3.8) is 0 Å². The fourth-order valence-electron chi connectivity index (χ4n) is 4.06. The fraction of sp³-hybridized carbons (Fsp3) is 0.667. The summed E-state index contributed by atoms with van der Waals surface area (Å²) in [6.07, 6.45) is 5.09. The summed E-state index contributed by atoms with van der Waals surface area (Å²) >= 11 is 0. The number of rotatable bonds is 7. The molecule has 0 aliphatic heterocycles. The van der Waals surface area contributed by atoms with E-state index in [1.807, 2.05) is 18.2 Å². The van der Waals surface area contributed by atoms with Crippen molar-refractivity contribution in [1.29, 1.82) is 0 Å². The van der Waals surface area contributed by atoms with Crippen LogP contribution in [0.2, 0.25) is 0 Å². The van der Waals surface area contributed by atoms with Gasteiger partial charge in [-0.3, -0.25) is 4.79 Å². The molecule has 136 valence electrons. The van der Waals surface area contributed by atoms with E-state index in [9.17, 15) is 13.6 Å². The van der Waals surface area contributed by atoms with E-state index in [0.29, 0.717) is 31.2 Å². The van der Waals surface area contributed by atoms with Gasteiger partial charge in [-0.25, -0.2) is 8.78 Å². The molecule has 3 aliphatic carbocycles. The number of ketones is 1. The molecule has 2 unspecified atom stereocenters. The van der Waals surface area contributed by atoms with Crippen molar-refractivity contribution >= 4 is 5.78 Å². The Balaban J connectivity index is 1.31. The molecule has 1 aromatic carbocycles. The van der Waals surface area contributed by atoms with Gasteiger partial charge in [0.1, 0.15) is 0 Å². The van der Waals surface area contributed by atoms with Crippen LogP contribution < -0.4 is 5.32 Å². The van der Waals surface area contributed by atoms with Gasteiger partial charge in [0.2, 0.25) is 5.92 Å². The normalized spacial score (nSPS) is 28.7. The van der Waals surface area contributed by atoms with Gasteiger partial charge in [0.25, 0.3) is 0 Å². The zero-order valence-corrected chi connectivity index (χ0v) is 14.6. The summed E-state index contributed by atoms with van der Waals surface area (Å²) in [5.41, 5.74) is 2.00. The maximum Gasteiger partial charge on any atom is 0.248 e. The maximum atomic E-state index is 13.2. The van der Waals surface area contributed by atoms with Crippen molar-refractivity contribution in [2.75, 3.05) is 6.54 Å². The molecule has 3 aliphatic rings. The molecule has 25 heavy (non-hydrogen) atoms. The molecule has 2 nitrogen and oxygen atoms in total. The largest absolute Gasteiger partial charge is 0.313 e. The van der Waals surface area contributed by atoms with Crippen LogP contribution in [0.5, 0.6) is 0 Å². The molecule has 0 heterocycles. The second-order valence-electron chi connectivity index (χ2n) is 8.35. The first-order chi connectivity index (χ1) is 12.0. The van der Waals surface area contributed by atoms with Crippen LogP contribution in [0, 0.1) is 11.8 Å². The Morgan fingerprint density at radius 3 is 2.60 bits per heavy atom. The van der Waals surface area contributed by atoms with Crippen molar-refractivity contribution in [2.24, 2.45) is 11.8 Å². The van der Waals surface area contributed by atoms with E-state index in [1.165, 1.54) is 18.4 Å². The Bertz CT molecular complexity index is 631. The number of Topliss-reactive ketones (excluding diaryl/α,β-unsaturated/α-hetero) is 1. The Morgan fingerprint density at radius 1 is 1.12 bits per heavy atom. The highest BCUT2D eigenvalue weighted by Gasteiger charge is 2.39. The molecule has 0 aromatic heterocycles. The predicted octanol–water partition coefficient (Wildman–Crippen LogP) is 4.94. The molecule has 4 heteroatoms. The van der Waals surface area contributed by atoms with E-state index in [4.69, 9.17) is 0 Å². The van der Waals surface area contributed by atoms with E-state index in [-0.39, 0.29) is 24.5 Å². The van der Waals surface area contributed by atoms with Gasteiger partial charge in [-0.15, -0.1) is 0 Å². The third kappa shape index (κ3) is 4.46. The number of carbonyl (C=O) groups is 1. The lowest BCUT2D eigenvalue weighted by Crippen LogP contribution is -2.25. The lowest BCUT2D eigenvalue weighted by atomic mass is 9.83. The van der Waals surface area contributed by atoms with E-state index in [1.54, 1.807) is 0 Å². The molecule has 0 saturated heterocycles. The molecule has 3 saturated carbocycles. The van der Waals surface area contributed by atoms with Crippen LogP contribution in [0.25, 0.3) is 0 Å². The molecule has 0 bridgehead atoms. The number of benzene rings is 1.